The Morgan fingerprint density at radius 1 is 1.20 bits per heavy atom. The van der Waals surface area contributed by atoms with Crippen molar-refractivity contribution >= 4 is 5.97 Å². The zero-order chi connectivity index (χ0) is 21.0. The van der Waals surface area contributed by atoms with Gasteiger partial charge in [0.05, 0.1) is 12.1 Å². The number of piperidine rings is 1. The highest BCUT2D eigenvalue weighted by Gasteiger charge is 2.41. The smallest absolute Gasteiger partial charge is 0.304 e. The van der Waals surface area contributed by atoms with Crippen molar-refractivity contribution in [2.75, 3.05) is 26.2 Å². The first-order chi connectivity index (χ1) is 14.5. The van der Waals surface area contributed by atoms with Crippen molar-refractivity contribution in [3.63, 3.8) is 0 Å². The number of nitrogens with zero attached hydrogens (tertiary/aromatic N) is 2. The quantitative estimate of drug-likeness (QED) is 0.662. The summed E-state index contributed by atoms with van der Waals surface area (Å²) in [4.78, 5) is 17.4. The molecule has 1 aliphatic carbocycles. The molecule has 5 nitrogen and oxygen atoms in total. The van der Waals surface area contributed by atoms with Gasteiger partial charge in [0.25, 0.3) is 0 Å². The lowest BCUT2D eigenvalue weighted by atomic mass is 9.74. The van der Waals surface area contributed by atoms with Crippen molar-refractivity contribution < 1.29 is 14.3 Å². The van der Waals surface area contributed by atoms with E-state index in [0.29, 0.717) is 30.6 Å². The number of rotatable bonds is 9. The maximum atomic E-state index is 14.3. The molecule has 2 aromatic rings. The molecule has 6 heteroatoms. The van der Waals surface area contributed by atoms with Crippen molar-refractivity contribution in [1.29, 1.82) is 0 Å². The standard InChI is InChI=1S/C24H30FN3O2/c25-20-7-4-11-26-22(20)16-24(9-13-28(14-10-24)12-8-23(29)30)17-27-21-15-19(21)18-5-2-1-3-6-18/h1-7,11,19,21,27H,8-10,12-17H2,(H,29,30)/t19-,21+/m0/s1. The van der Waals surface area contributed by atoms with Gasteiger partial charge >= 0.3 is 5.97 Å². The Kier molecular flexibility index (Phi) is 6.44. The fourth-order valence-corrected chi connectivity index (χ4v) is 4.66. The fourth-order valence-electron chi connectivity index (χ4n) is 4.66. The van der Waals surface area contributed by atoms with E-state index in [-0.39, 0.29) is 17.7 Å². The van der Waals surface area contributed by atoms with E-state index in [1.165, 1.54) is 11.6 Å². The number of benzene rings is 1. The third kappa shape index (κ3) is 5.24. The second kappa shape index (κ2) is 9.23. The molecule has 0 radical (unpaired) electrons. The van der Waals surface area contributed by atoms with Crippen LogP contribution in [0.1, 0.15) is 42.9 Å². The van der Waals surface area contributed by atoms with Crippen molar-refractivity contribution in [1.82, 2.24) is 15.2 Å². The van der Waals surface area contributed by atoms with E-state index in [4.69, 9.17) is 5.11 Å². The van der Waals surface area contributed by atoms with Gasteiger partial charge in [-0.15, -0.1) is 0 Å². The van der Waals surface area contributed by atoms with E-state index in [1.807, 2.05) is 6.07 Å². The minimum Gasteiger partial charge on any atom is -0.481 e. The Morgan fingerprint density at radius 3 is 2.67 bits per heavy atom. The Hall–Kier alpha value is -2.31. The number of nitrogens with one attached hydrogen (secondary N) is 1. The average molecular weight is 412 g/mol. The Morgan fingerprint density at radius 2 is 1.97 bits per heavy atom. The molecule has 1 saturated heterocycles. The Bertz CT molecular complexity index is 853. The second-order valence-corrected chi connectivity index (χ2v) is 8.83. The molecule has 0 unspecified atom stereocenters. The Labute approximate surface area is 177 Å². The van der Waals surface area contributed by atoms with E-state index in [0.717, 1.165) is 38.9 Å². The van der Waals surface area contributed by atoms with Crippen molar-refractivity contribution in [3.05, 3.63) is 65.7 Å². The van der Waals surface area contributed by atoms with Crippen LogP contribution in [0.25, 0.3) is 0 Å². The number of likely N-dealkylation sites (tertiary alicyclic amines) is 1. The first-order valence-electron chi connectivity index (χ1n) is 10.9. The molecule has 2 aliphatic rings. The van der Waals surface area contributed by atoms with E-state index in [9.17, 15) is 9.18 Å². The van der Waals surface area contributed by atoms with Crippen LogP contribution in [0.3, 0.4) is 0 Å². The third-order valence-corrected chi connectivity index (χ3v) is 6.69. The minimum absolute atomic E-state index is 0.0568. The molecule has 2 fully saturated rings. The largest absolute Gasteiger partial charge is 0.481 e. The van der Waals surface area contributed by atoms with Crippen LogP contribution in [0.15, 0.2) is 48.7 Å². The van der Waals surface area contributed by atoms with Gasteiger partial charge in [-0.25, -0.2) is 4.39 Å². The van der Waals surface area contributed by atoms with Crippen LogP contribution in [0.2, 0.25) is 0 Å². The predicted molar refractivity (Wildman–Crippen MR) is 114 cm³/mol. The summed E-state index contributed by atoms with van der Waals surface area (Å²) in [6.07, 6.45) is 5.41. The summed E-state index contributed by atoms with van der Waals surface area (Å²) in [6.45, 7) is 3.10. The molecule has 160 valence electrons. The third-order valence-electron chi connectivity index (χ3n) is 6.69. The molecule has 0 spiro atoms. The lowest BCUT2D eigenvalue weighted by molar-refractivity contribution is -0.137. The van der Waals surface area contributed by atoms with Gasteiger partial charge < -0.3 is 15.3 Å². The van der Waals surface area contributed by atoms with Crippen LogP contribution in [0.4, 0.5) is 4.39 Å². The summed E-state index contributed by atoms with van der Waals surface area (Å²) < 4.78 is 14.3. The highest BCUT2D eigenvalue weighted by molar-refractivity contribution is 5.66. The normalized spacial score (nSPS) is 23.2. The molecule has 1 saturated carbocycles. The summed E-state index contributed by atoms with van der Waals surface area (Å²) >= 11 is 0. The van der Waals surface area contributed by atoms with E-state index >= 15 is 0 Å². The van der Waals surface area contributed by atoms with Crippen LogP contribution in [-0.2, 0) is 11.2 Å². The second-order valence-electron chi connectivity index (χ2n) is 8.83. The van der Waals surface area contributed by atoms with Crippen LogP contribution < -0.4 is 5.32 Å². The highest BCUT2D eigenvalue weighted by Crippen LogP contribution is 2.42. The molecule has 0 bridgehead atoms. The van der Waals surface area contributed by atoms with Crippen LogP contribution in [0.5, 0.6) is 0 Å². The topological polar surface area (TPSA) is 65.5 Å². The zero-order valence-corrected chi connectivity index (χ0v) is 17.3. The summed E-state index contributed by atoms with van der Waals surface area (Å²) in [5, 5.41) is 12.7. The van der Waals surface area contributed by atoms with E-state index < -0.39 is 5.97 Å². The monoisotopic (exact) mass is 411 g/mol. The molecule has 1 aromatic heterocycles. The fraction of sp³-hybridized carbons (Fsp3) is 0.500. The number of hydrogen-bond donors (Lipinski definition) is 2. The maximum absolute atomic E-state index is 14.3. The van der Waals surface area contributed by atoms with Crippen molar-refractivity contribution in [2.45, 2.75) is 44.1 Å². The predicted octanol–water partition coefficient (Wildman–Crippen LogP) is 3.47. The van der Waals surface area contributed by atoms with Crippen molar-refractivity contribution in [2.24, 2.45) is 5.41 Å². The summed E-state index contributed by atoms with van der Waals surface area (Å²) in [6, 6.07) is 14.2. The average Bonchev–Trinajstić information content (AvgIpc) is 3.54. The number of aliphatic carboxylic acids is 1. The molecule has 2 atom stereocenters. The molecular formula is C24H30FN3O2. The Balaban J connectivity index is 1.39. The molecule has 2 N–H and O–H groups in total. The van der Waals surface area contributed by atoms with E-state index in [1.54, 1.807) is 12.3 Å². The number of pyridine rings is 1. The summed E-state index contributed by atoms with van der Waals surface area (Å²) in [5.74, 6) is -0.436. The van der Waals surface area contributed by atoms with Gasteiger partial charge in [-0.3, -0.25) is 9.78 Å². The summed E-state index contributed by atoms with van der Waals surface area (Å²) in [7, 11) is 0. The lowest BCUT2D eigenvalue weighted by Gasteiger charge is -2.42. The number of hydrogen-bond acceptors (Lipinski definition) is 4. The van der Waals surface area contributed by atoms with Crippen LogP contribution >= 0.6 is 0 Å². The summed E-state index contributed by atoms with van der Waals surface area (Å²) in [5.41, 5.74) is 1.86. The van der Waals surface area contributed by atoms with Crippen LogP contribution in [-0.4, -0.2) is 53.2 Å². The lowest BCUT2D eigenvalue weighted by Crippen LogP contribution is -2.47. The molecule has 1 aliphatic heterocycles. The minimum atomic E-state index is -0.759. The number of carboxylic acids is 1. The molecule has 4 rings (SSSR count). The van der Waals surface area contributed by atoms with Gasteiger partial charge in [0.15, 0.2) is 0 Å². The molecule has 0 amide bonds. The maximum Gasteiger partial charge on any atom is 0.304 e. The highest BCUT2D eigenvalue weighted by atomic mass is 19.1. The zero-order valence-electron chi connectivity index (χ0n) is 17.3. The van der Waals surface area contributed by atoms with Gasteiger partial charge in [-0.2, -0.15) is 0 Å². The molecule has 30 heavy (non-hydrogen) atoms. The number of carbonyl (C=O) groups is 1. The molecular weight excluding hydrogens is 381 g/mol. The van der Waals surface area contributed by atoms with Crippen molar-refractivity contribution in [3.8, 4) is 0 Å². The first-order valence-corrected chi connectivity index (χ1v) is 10.9. The van der Waals surface area contributed by atoms with Gasteiger partial charge in [0.1, 0.15) is 5.82 Å². The number of aromatic nitrogens is 1. The SMILES string of the molecule is O=C(O)CCN1CCC(CN[C@@H]2C[C@H]2c2ccccc2)(Cc2ncccc2F)CC1. The molecule has 1 aromatic carbocycles. The number of halogens is 1. The molecule has 2 heterocycles. The van der Waals surface area contributed by atoms with Gasteiger partial charge in [0.2, 0.25) is 0 Å². The first kappa shape index (κ1) is 20.9. The van der Waals surface area contributed by atoms with Gasteiger partial charge in [-0.1, -0.05) is 30.3 Å². The van der Waals surface area contributed by atoms with Gasteiger partial charge in [-0.05, 0) is 61.9 Å². The number of carboxylic acid groups (broad SMARTS) is 1. The van der Waals surface area contributed by atoms with E-state index in [2.05, 4.69) is 39.5 Å². The van der Waals surface area contributed by atoms with Crippen LogP contribution in [0, 0.1) is 11.2 Å². The van der Waals surface area contributed by atoms with Gasteiger partial charge in [0, 0.05) is 31.2 Å².